The molecule has 0 radical (unpaired) electrons. The molecule has 4 nitrogen and oxygen atoms in total. The van der Waals surface area contributed by atoms with Gasteiger partial charge in [0.15, 0.2) is 0 Å². The second-order valence-electron chi connectivity index (χ2n) is 4.77. The third-order valence-electron chi connectivity index (χ3n) is 2.91. The van der Waals surface area contributed by atoms with Crippen molar-refractivity contribution < 1.29 is 17.9 Å². The van der Waals surface area contributed by atoms with Gasteiger partial charge in [-0.25, -0.2) is 17.5 Å². The van der Waals surface area contributed by atoms with Crippen LogP contribution in [-0.2, 0) is 10.0 Å². The van der Waals surface area contributed by atoms with Crippen LogP contribution in [0.3, 0.4) is 0 Å². The van der Waals surface area contributed by atoms with Crippen LogP contribution in [0.15, 0.2) is 23.1 Å². The largest absolute Gasteiger partial charge is 0.384 e. The molecule has 2 N–H and O–H groups in total. The fourth-order valence-corrected chi connectivity index (χ4v) is 3.13. The summed E-state index contributed by atoms with van der Waals surface area (Å²) in [6.07, 6.45) is 1.52. The zero-order valence-corrected chi connectivity index (χ0v) is 11.2. The van der Waals surface area contributed by atoms with Gasteiger partial charge in [-0.2, -0.15) is 0 Å². The summed E-state index contributed by atoms with van der Waals surface area (Å²) in [5, 5.41) is 8.54. The molecule has 2 rings (SSSR count). The number of sulfonamides is 1. The highest BCUT2D eigenvalue weighted by molar-refractivity contribution is 7.89. The van der Waals surface area contributed by atoms with Crippen molar-refractivity contribution in [3.8, 4) is 11.8 Å². The van der Waals surface area contributed by atoms with Gasteiger partial charge in [-0.15, -0.1) is 0 Å². The molecule has 0 unspecified atom stereocenters. The van der Waals surface area contributed by atoms with Crippen molar-refractivity contribution in [2.24, 2.45) is 0 Å². The summed E-state index contributed by atoms with van der Waals surface area (Å²) in [6.45, 7) is 1.45. The second-order valence-corrected chi connectivity index (χ2v) is 6.42. The fraction of sp³-hybridized carbons (Fsp3) is 0.385. The van der Waals surface area contributed by atoms with Gasteiger partial charge in [0.1, 0.15) is 17.3 Å². The van der Waals surface area contributed by atoms with E-state index in [9.17, 15) is 12.8 Å². The van der Waals surface area contributed by atoms with E-state index in [0.717, 1.165) is 18.9 Å². The highest BCUT2D eigenvalue weighted by Crippen LogP contribution is 2.36. The van der Waals surface area contributed by atoms with Crippen LogP contribution in [-0.4, -0.2) is 25.7 Å². The summed E-state index contributed by atoms with van der Waals surface area (Å²) in [5.74, 6) is 4.05. The van der Waals surface area contributed by atoms with Gasteiger partial charge in [-0.1, -0.05) is 11.8 Å². The van der Waals surface area contributed by atoms with Gasteiger partial charge >= 0.3 is 0 Å². The quantitative estimate of drug-likeness (QED) is 0.813. The van der Waals surface area contributed by atoms with E-state index in [1.54, 1.807) is 6.92 Å². The van der Waals surface area contributed by atoms with Gasteiger partial charge in [-0.05, 0) is 38.0 Å². The zero-order chi connectivity index (χ0) is 14.1. The highest BCUT2D eigenvalue weighted by atomic mass is 32.2. The second kappa shape index (κ2) is 4.93. The van der Waals surface area contributed by atoms with E-state index < -0.39 is 21.4 Å². The molecule has 0 spiro atoms. The summed E-state index contributed by atoms with van der Waals surface area (Å²) in [6, 6.07) is 3.65. The van der Waals surface area contributed by atoms with E-state index in [1.165, 1.54) is 12.1 Å². The molecule has 1 aliphatic rings. The Bertz CT molecular complexity index is 654. The molecular formula is C13H14FNO3S. The van der Waals surface area contributed by atoms with Gasteiger partial charge < -0.3 is 5.11 Å². The first-order chi connectivity index (χ1) is 8.86. The number of aliphatic hydroxyl groups excluding tert-OH is 1. The zero-order valence-electron chi connectivity index (χ0n) is 10.4. The minimum Gasteiger partial charge on any atom is -0.384 e. The fourth-order valence-electron chi connectivity index (χ4n) is 1.61. The van der Waals surface area contributed by atoms with Crippen LogP contribution in [0.1, 0.15) is 25.3 Å². The Labute approximate surface area is 111 Å². The molecule has 102 valence electrons. The minimum atomic E-state index is -3.85. The highest BCUT2D eigenvalue weighted by Gasteiger charge is 2.41. The van der Waals surface area contributed by atoms with E-state index in [0.29, 0.717) is 5.56 Å². The number of nitrogens with one attached hydrogen (secondary N) is 1. The first kappa shape index (κ1) is 14.0. The summed E-state index contributed by atoms with van der Waals surface area (Å²) >= 11 is 0. The third kappa shape index (κ3) is 3.32. The number of hydrogen-bond donors (Lipinski definition) is 2. The topological polar surface area (TPSA) is 66.4 Å². The van der Waals surface area contributed by atoms with Crippen molar-refractivity contribution in [2.75, 3.05) is 6.61 Å². The van der Waals surface area contributed by atoms with Crippen LogP contribution < -0.4 is 4.72 Å². The van der Waals surface area contributed by atoms with Crippen LogP contribution in [0.5, 0.6) is 0 Å². The third-order valence-corrected chi connectivity index (χ3v) is 4.59. The molecule has 1 aromatic rings. The van der Waals surface area contributed by atoms with E-state index in [1.807, 2.05) is 0 Å². The van der Waals surface area contributed by atoms with E-state index >= 15 is 0 Å². The molecule has 1 saturated carbocycles. The molecule has 1 fully saturated rings. The summed E-state index contributed by atoms with van der Waals surface area (Å²) in [4.78, 5) is -0.379. The Morgan fingerprint density at radius 1 is 1.47 bits per heavy atom. The maximum atomic E-state index is 13.8. The van der Waals surface area contributed by atoms with Crippen LogP contribution in [0.4, 0.5) is 4.39 Å². The number of aliphatic hydroxyl groups is 1. The molecular weight excluding hydrogens is 269 g/mol. The summed E-state index contributed by atoms with van der Waals surface area (Å²) in [7, 11) is -3.85. The van der Waals surface area contributed by atoms with E-state index in [4.69, 9.17) is 5.11 Å². The molecule has 0 amide bonds. The molecule has 0 aromatic heterocycles. The maximum Gasteiger partial charge on any atom is 0.243 e. The SMILES string of the molecule is CC1(NS(=O)(=O)c2ccc(C#CCO)cc2F)CC1. The number of hydrogen-bond acceptors (Lipinski definition) is 3. The monoisotopic (exact) mass is 283 g/mol. The number of halogens is 1. The van der Waals surface area contributed by atoms with Crippen LogP contribution in [0.25, 0.3) is 0 Å². The molecule has 1 aromatic carbocycles. The number of rotatable bonds is 3. The first-order valence-electron chi connectivity index (χ1n) is 5.80. The van der Waals surface area contributed by atoms with Gasteiger partial charge in [-0.3, -0.25) is 0 Å². The molecule has 19 heavy (non-hydrogen) atoms. The van der Waals surface area contributed by atoms with Crippen molar-refractivity contribution in [2.45, 2.75) is 30.2 Å². The molecule has 6 heteroatoms. The van der Waals surface area contributed by atoms with Crippen molar-refractivity contribution in [3.63, 3.8) is 0 Å². The normalized spacial score (nSPS) is 16.6. The Balaban J connectivity index is 2.30. The standard InChI is InChI=1S/C13H14FNO3S/c1-13(6-7-13)15-19(17,18)12-5-4-10(3-2-8-16)9-11(12)14/h4-5,9,15-16H,6-8H2,1H3. The van der Waals surface area contributed by atoms with Crippen LogP contribution >= 0.6 is 0 Å². The summed E-state index contributed by atoms with van der Waals surface area (Å²) < 4.78 is 40.3. The Morgan fingerprint density at radius 2 is 2.16 bits per heavy atom. The average molecular weight is 283 g/mol. The van der Waals surface area contributed by atoms with Gasteiger partial charge in [0.25, 0.3) is 0 Å². The smallest absolute Gasteiger partial charge is 0.243 e. The van der Waals surface area contributed by atoms with E-state index in [-0.39, 0.29) is 11.5 Å². The van der Waals surface area contributed by atoms with Crippen molar-refractivity contribution in [1.29, 1.82) is 0 Å². The van der Waals surface area contributed by atoms with Gasteiger partial charge in [0.05, 0.1) is 0 Å². The lowest BCUT2D eigenvalue weighted by Crippen LogP contribution is -2.34. The molecule has 1 aliphatic carbocycles. The Kier molecular flexibility index (Phi) is 3.63. The van der Waals surface area contributed by atoms with Crippen molar-refractivity contribution in [3.05, 3.63) is 29.6 Å². The van der Waals surface area contributed by atoms with Crippen molar-refractivity contribution >= 4 is 10.0 Å². The Hall–Kier alpha value is -1.42. The lowest BCUT2D eigenvalue weighted by molar-refractivity contribution is 0.350. The predicted octanol–water partition coefficient (Wildman–Crippen LogP) is 1.00. The predicted molar refractivity (Wildman–Crippen MR) is 68.3 cm³/mol. The molecule has 0 saturated heterocycles. The average Bonchev–Trinajstić information content (AvgIpc) is 3.02. The summed E-state index contributed by atoms with van der Waals surface area (Å²) in [5.41, 5.74) is -0.121. The first-order valence-corrected chi connectivity index (χ1v) is 7.28. The number of benzene rings is 1. The minimum absolute atomic E-state index is 0.322. The van der Waals surface area contributed by atoms with Crippen LogP contribution in [0.2, 0.25) is 0 Å². The van der Waals surface area contributed by atoms with Crippen LogP contribution in [0, 0.1) is 17.7 Å². The lowest BCUT2D eigenvalue weighted by atomic mass is 10.2. The van der Waals surface area contributed by atoms with Crippen molar-refractivity contribution in [1.82, 2.24) is 4.72 Å². The van der Waals surface area contributed by atoms with E-state index in [2.05, 4.69) is 16.6 Å². The molecule has 0 aliphatic heterocycles. The molecule has 0 atom stereocenters. The lowest BCUT2D eigenvalue weighted by Gasteiger charge is -2.12. The molecule has 0 heterocycles. The maximum absolute atomic E-state index is 13.8. The molecule has 0 bridgehead atoms. The Morgan fingerprint density at radius 3 is 2.68 bits per heavy atom. The van der Waals surface area contributed by atoms with Gasteiger partial charge in [0.2, 0.25) is 10.0 Å². The van der Waals surface area contributed by atoms with Gasteiger partial charge in [0, 0.05) is 11.1 Å².